The summed E-state index contributed by atoms with van der Waals surface area (Å²) in [7, 11) is 1.61. The number of ether oxygens (including phenoxy) is 2. The van der Waals surface area contributed by atoms with Crippen molar-refractivity contribution in [2.24, 2.45) is 0 Å². The lowest BCUT2D eigenvalue weighted by Crippen LogP contribution is -2.13. The fourth-order valence-corrected chi connectivity index (χ4v) is 3.05. The normalized spacial score (nSPS) is 10.6. The van der Waals surface area contributed by atoms with E-state index in [1.165, 1.54) is 0 Å². The number of aromatic nitrogens is 1. The van der Waals surface area contributed by atoms with Crippen molar-refractivity contribution in [3.63, 3.8) is 0 Å². The van der Waals surface area contributed by atoms with Gasteiger partial charge in [0.15, 0.2) is 11.5 Å². The molecule has 0 fully saturated rings. The molecule has 3 rings (SSSR count). The Morgan fingerprint density at radius 1 is 0.926 bits per heavy atom. The molecule has 0 radical (unpaired) electrons. The highest BCUT2D eigenvalue weighted by Crippen LogP contribution is 2.34. The molecule has 1 N–H and O–H groups in total. The number of benzene rings is 2. The fourth-order valence-electron chi connectivity index (χ4n) is 2.62. The predicted octanol–water partition coefficient (Wildman–Crippen LogP) is 5.27. The summed E-state index contributed by atoms with van der Waals surface area (Å²) in [6.07, 6.45) is 3.55. The smallest absolute Gasteiger partial charge is 0.163 e. The predicted molar refractivity (Wildman–Crippen MR) is 109 cm³/mol. The number of nitrogens with one attached hydrogen (secondary N) is 1. The monoisotopic (exact) mass is 402 g/mol. The first-order chi connectivity index (χ1) is 13.2. The molecule has 0 aliphatic heterocycles. The number of hydrogen-bond acceptors (Lipinski definition) is 4. The summed E-state index contributed by atoms with van der Waals surface area (Å²) in [5.74, 6) is 1.24. The lowest BCUT2D eigenvalue weighted by molar-refractivity contribution is 0.284. The average molecular weight is 403 g/mol. The molecule has 0 aliphatic carbocycles. The Morgan fingerprint density at radius 3 is 2.48 bits per heavy atom. The molecule has 0 amide bonds. The van der Waals surface area contributed by atoms with Gasteiger partial charge in [-0.1, -0.05) is 35.3 Å². The van der Waals surface area contributed by atoms with Crippen molar-refractivity contribution in [1.82, 2.24) is 10.3 Å². The van der Waals surface area contributed by atoms with Crippen LogP contribution in [0.3, 0.4) is 0 Å². The van der Waals surface area contributed by atoms with Gasteiger partial charge in [0.1, 0.15) is 6.61 Å². The molecule has 0 unspecified atom stereocenters. The molecule has 0 atom stereocenters. The summed E-state index contributed by atoms with van der Waals surface area (Å²) in [4.78, 5) is 4.02. The highest BCUT2D eigenvalue weighted by atomic mass is 35.5. The van der Waals surface area contributed by atoms with E-state index in [1.807, 2.05) is 42.5 Å². The van der Waals surface area contributed by atoms with Gasteiger partial charge in [-0.15, -0.1) is 0 Å². The van der Waals surface area contributed by atoms with Gasteiger partial charge < -0.3 is 14.8 Å². The fraction of sp³-hybridized carbons (Fsp3) is 0.190. The van der Waals surface area contributed by atoms with Gasteiger partial charge in [0.2, 0.25) is 0 Å². The zero-order chi connectivity index (χ0) is 19.1. The zero-order valence-corrected chi connectivity index (χ0v) is 16.4. The summed E-state index contributed by atoms with van der Waals surface area (Å²) in [5.41, 5.74) is 3.08. The third kappa shape index (κ3) is 5.60. The first-order valence-electron chi connectivity index (χ1n) is 8.49. The van der Waals surface area contributed by atoms with Crippen LogP contribution in [-0.4, -0.2) is 12.1 Å². The van der Waals surface area contributed by atoms with Crippen LogP contribution in [-0.2, 0) is 19.7 Å². The van der Waals surface area contributed by atoms with E-state index in [0.717, 1.165) is 23.2 Å². The van der Waals surface area contributed by atoms with Crippen molar-refractivity contribution in [2.45, 2.75) is 19.7 Å². The molecule has 4 nitrogen and oxygen atoms in total. The van der Waals surface area contributed by atoms with Crippen molar-refractivity contribution >= 4 is 23.2 Å². The Kier molecular flexibility index (Phi) is 6.93. The minimum absolute atomic E-state index is 0.382. The number of methoxy groups -OCH3 is 1. The van der Waals surface area contributed by atoms with Crippen molar-refractivity contribution in [2.75, 3.05) is 7.11 Å². The molecule has 3 aromatic rings. The summed E-state index contributed by atoms with van der Waals surface area (Å²) >= 11 is 12.5. The Morgan fingerprint density at radius 2 is 1.74 bits per heavy atom. The Bertz CT molecular complexity index is 889. The molecule has 0 aliphatic rings. The number of halogens is 2. The Hall–Kier alpha value is -2.27. The minimum atomic E-state index is 0.382. The maximum Gasteiger partial charge on any atom is 0.163 e. The van der Waals surface area contributed by atoms with Crippen LogP contribution in [0.15, 0.2) is 60.9 Å². The molecule has 0 spiro atoms. The molecule has 0 saturated heterocycles. The summed E-state index contributed by atoms with van der Waals surface area (Å²) in [5, 5.41) is 4.67. The van der Waals surface area contributed by atoms with Gasteiger partial charge in [-0.25, -0.2) is 0 Å². The highest BCUT2D eigenvalue weighted by Gasteiger charge is 2.11. The first kappa shape index (κ1) is 19.5. The van der Waals surface area contributed by atoms with Gasteiger partial charge in [0.05, 0.1) is 7.11 Å². The summed E-state index contributed by atoms with van der Waals surface area (Å²) in [6.45, 7) is 1.73. The third-order valence-corrected chi connectivity index (χ3v) is 4.60. The molecule has 6 heteroatoms. The molecule has 0 bridgehead atoms. The number of hydrogen-bond donors (Lipinski definition) is 1. The second-order valence-corrected chi connectivity index (χ2v) is 6.82. The Balaban J connectivity index is 1.65. The lowest BCUT2D eigenvalue weighted by atomic mass is 10.2. The molecule has 2 aromatic carbocycles. The summed E-state index contributed by atoms with van der Waals surface area (Å²) in [6, 6.07) is 15.2. The zero-order valence-electron chi connectivity index (χ0n) is 14.9. The van der Waals surface area contributed by atoms with Crippen LogP contribution in [0.4, 0.5) is 0 Å². The topological polar surface area (TPSA) is 43.4 Å². The van der Waals surface area contributed by atoms with E-state index in [2.05, 4.69) is 10.3 Å². The number of rotatable bonds is 8. The van der Waals surface area contributed by atoms with Crippen LogP contribution in [0.1, 0.15) is 16.7 Å². The van der Waals surface area contributed by atoms with Crippen LogP contribution in [0, 0.1) is 0 Å². The van der Waals surface area contributed by atoms with Crippen LogP contribution in [0.5, 0.6) is 11.5 Å². The summed E-state index contributed by atoms with van der Waals surface area (Å²) < 4.78 is 11.4. The van der Waals surface area contributed by atoms with Gasteiger partial charge in [-0.2, -0.15) is 0 Å². The quantitative estimate of drug-likeness (QED) is 0.557. The average Bonchev–Trinajstić information content (AvgIpc) is 2.68. The Labute approximate surface area is 169 Å². The van der Waals surface area contributed by atoms with Crippen LogP contribution >= 0.6 is 23.2 Å². The van der Waals surface area contributed by atoms with Gasteiger partial charge in [-0.3, -0.25) is 4.98 Å². The van der Waals surface area contributed by atoms with Gasteiger partial charge in [-0.05, 0) is 47.0 Å². The second-order valence-electron chi connectivity index (χ2n) is 5.97. The highest BCUT2D eigenvalue weighted by molar-refractivity contribution is 6.31. The van der Waals surface area contributed by atoms with Gasteiger partial charge >= 0.3 is 0 Å². The van der Waals surface area contributed by atoms with E-state index in [0.29, 0.717) is 34.7 Å². The van der Waals surface area contributed by atoms with Crippen molar-refractivity contribution < 1.29 is 9.47 Å². The van der Waals surface area contributed by atoms with E-state index < -0.39 is 0 Å². The van der Waals surface area contributed by atoms with Gasteiger partial charge in [0, 0.05) is 41.6 Å². The van der Waals surface area contributed by atoms with E-state index in [1.54, 1.807) is 25.6 Å². The standard InChI is InChI=1S/C21H20Cl2N2O2/c1-26-20-10-17(13-25-12-15-5-7-24-8-6-15)19(23)11-21(20)27-14-16-3-2-4-18(22)9-16/h2-11,25H,12-14H2,1H3. The van der Waals surface area contributed by atoms with E-state index in [-0.39, 0.29) is 0 Å². The maximum atomic E-state index is 6.44. The molecule has 1 heterocycles. The van der Waals surface area contributed by atoms with E-state index in [9.17, 15) is 0 Å². The third-order valence-electron chi connectivity index (χ3n) is 4.01. The lowest BCUT2D eigenvalue weighted by Gasteiger charge is -2.14. The van der Waals surface area contributed by atoms with Crippen LogP contribution in [0.25, 0.3) is 0 Å². The van der Waals surface area contributed by atoms with Crippen molar-refractivity contribution in [3.8, 4) is 11.5 Å². The molecular formula is C21H20Cl2N2O2. The van der Waals surface area contributed by atoms with E-state index >= 15 is 0 Å². The number of nitrogens with zero attached hydrogens (tertiary/aromatic N) is 1. The number of pyridine rings is 1. The molecule has 1 aromatic heterocycles. The molecule has 27 heavy (non-hydrogen) atoms. The maximum absolute atomic E-state index is 6.44. The van der Waals surface area contributed by atoms with Crippen LogP contribution in [0.2, 0.25) is 10.0 Å². The molecular weight excluding hydrogens is 383 g/mol. The van der Waals surface area contributed by atoms with Crippen molar-refractivity contribution in [1.29, 1.82) is 0 Å². The van der Waals surface area contributed by atoms with Gasteiger partial charge in [0.25, 0.3) is 0 Å². The first-order valence-corrected chi connectivity index (χ1v) is 9.24. The van der Waals surface area contributed by atoms with Crippen molar-refractivity contribution in [3.05, 3.63) is 87.7 Å². The van der Waals surface area contributed by atoms with E-state index in [4.69, 9.17) is 32.7 Å². The largest absolute Gasteiger partial charge is 0.493 e. The molecule has 0 saturated carbocycles. The minimum Gasteiger partial charge on any atom is -0.493 e. The molecule has 140 valence electrons. The SMILES string of the molecule is COc1cc(CNCc2ccncc2)c(Cl)cc1OCc1cccc(Cl)c1. The van der Waals surface area contributed by atoms with Crippen LogP contribution < -0.4 is 14.8 Å². The second kappa shape index (κ2) is 9.60.